The lowest BCUT2D eigenvalue weighted by Gasteiger charge is -2.11. The van der Waals surface area contributed by atoms with Crippen molar-refractivity contribution < 1.29 is 9.18 Å². The molecule has 0 aliphatic carbocycles. The Labute approximate surface area is 92.5 Å². The van der Waals surface area contributed by atoms with Crippen LogP contribution in [0.4, 0.5) is 4.39 Å². The first-order valence-electron chi connectivity index (χ1n) is 4.96. The second-order valence-electron chi connectivity index (χ2n) is 3.55. The van der Waals surface area contributed by atoms with Gasteiger partial charge in [0.05, 0.1) is 12.2 Å². The molecule has 1 aromatic carbocycles. The summed E-state index contributed by atoms with van der Waals surface area (Å²) in [5.74, 6) is -0.564. The lowest BCUT2D eigenvalue weighted by Crippen LogP contribution is -2.09. The highest BCUT2D eigenvalue weighted by atomic mass is 19.1. The fourth-order valence-corrected chi connectivity index (χ4v) is 1.56. The van der Waals surface area contributed by atoms with Gasteiger partial charge in [0, 0.05) is 18.9 Å². The Balaban J connectivity index is 2.16. The van der Waals surface area contributed by atoms with E-state index in [1.807, 2.05) is 4.57 Å². The van der Waals surface area contributed by atoms with Crippen LogP contribution in [-0.2, 0) is 11.3 Å². The Morgan fingerprint density at radius 3 is 2.69 bits per heavy atom. The predicted octanol–water partition coefficient (Wildman–Crippen LogP) is 2.00. The lowest BCUT2D eigenvalue weighted by molar-refractivity contribution is -0.109. The number of carbonyl (C=O) groups excluding carboxylic acids is 1. The first-order chi connectivity index (χ1) is 7.79. The van der Waals surface area contributed by atoms with Crippen molar-refractivity contribution in [3.05, 3.63) is 54.4 Å². The van der Waals surface area contributed by atoms with Gasteiger partial charge >= 0.3 is 0 Å². The summed E-state index contributed by atoms with van der Waals surface area (Å²) in [6.45, 7) is 0.523. The smallest absolute Gasteiger partial charge is 0.129 e. The molecule has 0 aliphatic rings. The van der Waals surface area contributed by atoms with Crippen LogP contribution in [0.15, 0.2) is 43.0 Å². The van der Waals surface area contributed by atoms with Gasteiger partial charge in [-0.15, -0.1) is 0 Å². The van der Waals surface area contributed by atoms with Gasteiger partial charge in [0.15, 0.2) is 0 Å². The van der Waals surface area contributed by atoms with E-state index < -0.39 is 0 Å². The Morgan fingerprint density at radius 2 is 2.12 bits per heavy atom. The summed E-state index contributed by atoms with van der Waals surface area (Å²) in [5.41, 5.74) is 0.810. The lowest BCUT2D eigenvalue weighted by atomic mass is 10.0. The molecule has 0 bridgehead atoms. The SMILES string of the molecule is O=CC(Cn1ccnc1)c1ccc(F)cc1. The fourth-order valence-electron chi connectivity index (χ4n) is 1.56. The molecule has 1 heterocycles. The molecule has 0 saturated carbocycles. The van der Waals surface area contributed by atoms with Crippen molar-refractivity contribution in [3.8, 4) is 0 Å². The molecular formula is C12H11FN2O. The van der Waals surface area contributed by atoms with Gasteiger partial charge in [-0.3, -0.25) is 0 Å². The van der Waals surface area contributed by atoms with E-state index >= 15 is 0 Å². The molecule has 0 fully saturated rings. The topological polar surface area (TPSA) is 34.9 Å². The van der Waals surface area contributed by atoms with Crippen molar-refractivity contribution >= 4 is 6.29 Å². The molecule has 82 valence electrons. The summed E-state index contributed by atoms with van der Waals surface area (Å²) in [7, 11) is 0. The number of aldehydes is 1. The second kappa shape index (κ2) is 4.70. The highest BCUT2D eigenvalue weighted by Crippen LogP contribution is 2.16. The van der Waals surface area contributed by atoms with Crippen molar-refractivity contribution in [2.45, 2.75) is 12.5 Å². The molecule has 0 aliphatic heterocycles. The summed E-state index contributed by atoms with van der Waals surface area (Å²) in [4.78, 5) is 14.9. The second-order valence-corrected chi connectivity index (χ2v) is 3.55. The minimum Gasteiger partial charge on any atom is -0.336 e. The van der Waals surface area contributed by atoms with Crippen LogP contribution in [0.1, 0.15) is 11.5 Å². The normalized spacial score (nSPS) is 12.3. The average Bonchev–Trinajstić information content (AvgIpc) is 2.80. The van der Waals surface area contributed by atoms with E-state index in [9.17, 15) is 9.18 Å². The molecule has 16 heavy (non-hydrogen) atoms. The Bertz CT molecular complexity index is 450. The molecule has 2 rings (SSSR count). The molecule has 0 amide bonds. The minimum atomic E-state index is -0.295. The maximum absolute atomic E-state index is 12.7. The summed E-state index contributed by atoms with van der Waals surface area (Å²) in [6, 6.07) is 5.98. The van der Waals surface area contributed by atoms with Gasteiger partial charge in [-0.1, -0.05) is 12.1 Å². The van der Waals surface area contributed by atoms with Gasteiger partial charge in [-0.2, -0.15) is 0 Å². The number of aromatic nitrogens is 2. The van der Waals surface area contributed by atoms with Crippen LogP contribution in [0, 0.1) is 5.82 Å². The van der Waals surface area contributed by atoms with E-state index in [1.165, 1.54) is 12.1 Å². The summed E-state index contributed by atoms with van der Waals surface area (Å²) < 4.78 is 14.5. The maximum Gasteiger partial charge on any atom is 0.129 e. The van der Waals surface area contributed by atoms with Crippen LogP contribution >= 0.6 is 0 Å². The van der Waals surface area contributed by atoms with Crippen LogP contribution in [-0.4, -0.2) is 15.8 Å². The number of halogens is 1. The number of hydrogen-bond donors (Lipinski definition) is 0. The van der Waals surface area contributed by atoms with Gasteiger partial charge in [0.1, 0.15) is 12.1 Å². The van der Waals surface area contributed by atoms with Gasteiger partial charge in [0.25, 0.3) is 0 Å². The van der Waals surface area contributed by atoms with Crippen molar-refractivity contribution in [3.63, 3.8) is 0 Å². The van der Waals surface area contributed by atoms with Crippen LogP contribution in [0.5, 0.6) is 0 Å². The van der Waals surface area contributed by atoms with Crippen molar-refractivity contribution in [1.29, 1.82) is 0 Å². The van der Waals surface area contributed by atoms with E-state index in [2.05, 4.69) is 4.98 Å². The average molecular weight is 218 g/mol. The molecular weight excluding hydrogens is 207 g/mol. The number of imidazole rings is 1. The van der Waals surface area contributed by atoms with Crippen molar-refractivity contribution in [1.82, 2.24) is 9.55 Å². The van der Waals surface area contributed by atoms with Gasteiger partial charge in [-0.05, 0) is 17.7 Å². The van der Waals surface area contributed by atoms with Gasteiger partial charge in [0.2, 0.25) is 0 Å². The zero-order chi connectivity index (χ0) is 11.4. The van der Waals surface area contributed by atoms with Crippen molar-refractivity contribution in [2.75, 3.05) is 0 Å². The molecule has 0 saturated heterocycles. The summed E-state index contributed by atoms with van der Waals surface area (Å²) >= 11 is 0. The van der Waals surface area contributed by atoms with E-state index in [-0.39, 0.29) is 11.7 Å². The highest BCUT2D eigenvalue weighted by Gasteiger charge is 2.10. The van der Waals surface area contributed by atoms with Gasteiger partial charge < -0.3 is 9.36 Å². The Kier molecular flexibility index (Phi) is 3.10. The van der Waals surface area contributed by atoms with Crippen LogP contribution in [0.3, 0.4) is 0 Å². The molecule has 4 heteroatoms. The fraction of sp³-hybridized carbons (Fsp3) is 0.167. The van der Waals surface area contributed by atoms with Crippen molar-refractivity contribution in [2.24, 2.45) is 0 Å². The third-order valence-corrected chi connectivity index (χ3v) is 2.43. The largest absolute Gasteiger partial charge is 0.336 e. The predicted molar refractivity (Wildman–Crippen MR) is 57.4 cm³/mol. The molecule has 1 atom stereocenters. The third kappa shape index (κ3) is 2.34. The highest BCUT2D eigenvalue weighted by molar-refractivity contribution is 5.61. The summed E-state index contributed by atoms with van der Waals surface area (Å²) in [6.07, 6.45) is 5.97. The zero-order valence-corrected chi connectivity index (χ0v) is 8.58. The molecule has 1 aromatic heterocycles. The quantitative estimate of drug-likeness (QED) is 0.736. The van der Waals surface area contributed by atoms with E-state index in [0.29, 0.717) is 6.54 Å². The Morgan fingerprint density at radius 1 is 1.38 bits per heavy atom. The first-order valence-corrected chi connectivity index (χ1v) is 4.96. The number of hydrogen-bond acceptors (Lipinski definition) is 2. The standard InChI is InChI=1S/C12H11FN2O/c13-12-3-1-10(2-4-12)11(8-16)7-15-6-5-14-9-15/h1-6,8-9,11H,7H2. The number of benzene rings is 1. The number of rotatable bonds is 4. The molecule has 0 N–H and O–H groups in total. The van der Waals surface area contributed by atoms with E-state index in [0.717, 1.165) is 11.8 Å². The Hall–Kier alpha value is -1.97. The van der Waals surface area contributed by atoms with E-state index in [1.54, 1.807) is 30.9 Å². The molecule has 0 radical (unpaired) electrons. The van der Waals surface area contributed by atoms with Crippen LogP contribution in [0.2, 0.25) is 0 Å². The monoisotopic (exact) mass is 218 g/mol. The maximum atomic E-state index is 12.7. The molecule has 2 aromatic rings. The van der Waals surface area contributed by atoms with Crippen LogP contribution in [0.25, 0.3) is 0 Å². The number of carbonyl (C=O) groups is 1. The van der Waals surface area contributed by atoms with Crippen LogP contribution < -0.4 is 0 Å². The molecule has 0 spiro atoms. The van der Waals surface area contributed by atoms with E-state index in [4.69, 9.17) is 0 Å². The zero-order valence-electron chi connectivity index (χ0n) is 8.58. The molecule has 1 unspecified atom stereocenters. The first kappa shape index (κ1) is 10.5. The number of nitrogens with zero attached hydrogens (tertiary/aromatic N) is 2. The third-order valence-electron chi connectivity index (χ3n) is 2.43. The van der Waals surface area contributed by atoms with Gasteiger partial charge in [-0.25, -0.2) is 9.37 Å². The minimum absolute atomic E-state index is 0.269. The molecule has 3 nitrogen and oxygen atoms in total. The summed E-state index contributed by atoms with van der Waals surface area (Å²) in [5, 5.41) is 0.